The number of amides is 1. The zero-order valence-electron chi connectivity index (χ0n) is 15.2. The summed E-state index contributed by atoms with van der Waals surface area (Å²) in [5.74, 6) is 0.0161. The highest BCUT2D eigenvalue weighted by Crippen LogP contribution is 2.35. The first kappa shape index (κ1) is 19.9. The Hall–Kier alpha value is -2.45. The number of carbonyl (C=O) groups excluding carboxylic acids is 1. The molecule has 140 valence electrons. The number of ether oxygens (including phenoxy) is 1. The molecule has 2 N–H and O–H groups in total. The van der Waals surface area contributed by atoms with Crippen molar-refractivity contribution < 1.29 is 14.5 Å². The number of nitrogens with one attached hydrogen (secondary N) is 2. The van der Waals surface area contributed by atoms with Crippen LogP contribution in [0.3, 0.4) is 0 Å². The van der Waals surface area contributed by atoms with Gasteiger partial charge in [-0.2, -0.15) is 0 Å². The summed E-state index contributed by atoms with van der Waals surface area (Å²) in [5.41, 5.74) is -0.147. The van der Waals surface area contributed by atoms with Crippen LogP contribution < -0.4 is 15.4 Å². The molecule has 1 unspecified atom stereocenters. The molecule has 1 amide bonds. The van der Waals surface area contributed by atoms with Crippen molar-refractivity contribution in [1.29, 1.82) is 0 Å². The molecule has 8 heteroatoms. The van der Waals surface area contributed by atoms with E-state index >= 15 is 0 Å². The van der Waals surface area contributed by atoms with Gasteiger partial charge in [0, 0.05) is 10.9 Å². The lowest BCUT2D eigenvalue weighted by Gasteiger charge is -2.30. The molecule has 0 aliphatic heterocycles. The molecule has 0 radical (unpaired) electrons. The summed E-state index contributed by atoms with van der Waals surface area (Å²) in [6.45, 7) is 6.33. The van der Waals surface area contributed by atoms with Crippen molar-refractivity contribution >= 4 is 28.6 Å². The Labute approximate surface area is 156 Å². The smallest absolute Gasteiger partial charge is 0.296 e. The first-order valence-electron chi connectivity index (χ1n) is 8.11. The van der Waals surface area contributed by atoms with Gasteiger partial charge in [0.1, 0.15) is 11.4 Å². The van der Waals surface area contributed by atoms with E-state index in [9.17, 15) is 14.9 Å². The van der Waals surface area contributed by atoms with Crippen LogP contribution >= 0.6 is 11.3 Å². The fraction of sp³-hybridized carbons (Fsp3) is 0.389. The molecule has 2 rings (SSSR count). The maximum Gasteiger partial charge on any atom is 0.296 e. The number of benzene rings is 1. The molecule has 0 fully saturated rings. The van der Waals surface area contributed by atoms with E-state index < -0.39 is 4.92 Å². The Balaban J connectivity index is 2.08. The van der Waals surface area contributed by atoms with Crippen molar-refractivity contribution in [1.82, 2.24) is 5.32 Å². The van der Waals surface area contributed by atoms with Crippen LogP contribution in [0, 0.1) is 15.5 Å². The fourth-order valence-electron chi connectivity index (χ4n) is 2.57. The third-order valence-corrected chi connectivity index (χ3v) is 4.77. The number of hydrogen-bond donors (Lipinski definition) is 2. The van der Waals surface area contributed by atoms with Gasteiger partial charge in [-0.15, -0.1) is 11.3 Å². The SMILES string of the molecule is COc1ccc(NC(=O)CNC(c2cccs2)C(C)(C)C)c([N+](=O)[O-])c1. The van der Waals surface area contributed by atoms with Gasteiger partial charge in [0.2, 0.25) is 5.91 Å². The minimum atomic E-state index is -0.546. The summed E-state index contributed by atoms with van der Waals surface area (Å²) in [7, 11) is 1.43. The standard InChI is InChI=1S/C18H23N3O4S/c1-18(2,3)17(15-6-5-9-26-15)19-11-16(22)20-13-8-7-12(25-4)10-14(13)21(23)24/h5-10,17,19H,11H2,1-4H3,(H,20,22). The number of anilines is 1. The molecular weight excluding hydrogens is 354 g/mol. The highest BCUT2D eigenvalue weighted by atomic mass is 32.1. The topological polar surface area (TPSA) is 93.5 Å². The van der Waals surface area contributed by atoms with E-state index in [0.29, 0.717) is 5.75 Å². The molecule has 1 aromatic heterocycles. The number of rotatable bonds is 7. The number of nitro benzene ring substituents is 1. The molecular formula is C18H23N3O4S. The lowest BCUT2D eigenvalue weighted by Crippen LogP contribution is -2.37. The van der Waals surface area contributed by atoms with Gasteiger partial charge in [-0.3, -0.25) is 14.9 Å². The van der Waals surface area contributed by atoms with Crippen molar-refractivity contribution in [3.63, 3.8) is 0 Å². The third kappa shape index (κ3) is 5.03. The number of thiophene rings is 1. The molecule has 0 saturated carbocycles. The van der Waals surface area contributed by atoms with Crippen LogP contribution in [0.1, 0.15) is 31.7 Å². The zero-order valence-corrected chi connectivity index (χ0v) is 16.1. The lowest BCUT2D eigenvalue weighted by molar-refractivity contribution is -0.384. The first-order valence-corrected chi connectivity index (χ1v) is 8.99. The summed E-state index contributed by atoms with van der Waals surface area (Å²) < 4.78 is 4.99. The number of nitrogens with zero attached hydrogens (tertiary/aromatic N) is 1. The summed E-state index contributed by atoms with van der Waals surface area (Å²) in [4.78, 5) is 24.1. The molecule has 0 aliphatic rings. The van der Waals surface area contributed by atoms with E-state index in [1.54, 1.807) is 17.4 Å². The van der Waals surface area contributed by atoms with Gasteiger partial charge in [-0.25, -0.2) is 0 Å². The minimum Gasteiger partial charge on any atom is -0.496 e. The molecule has 1 heterocycles. The Kier molecular flexibility index (Phi) is 6.33. The average molecular weight is 377 g/mol. The van der Waals surface area contributed by atoms with Crippen LogP contribution in [0.2, 0.25) is 0 Å². The number of carbonyl (C=O) groups is 1. The van der Waals surface area contributed by atoms with Crippen molar-refractivity contribution in [3.8, 4) is 5.75 Å². The highest BCUT2D eigenvalue weighted by molar-refractivity contribution is 7.10. The molecule has 0 aliphatic carbocycles. The predicted molar refractivity (Wildman–Crippen MR) is 103 cm³/mol. The summed E-state index contributed by atoms with van der Waals surface area (Å²) in [5, 5.41) is 19.1. The van der Waals surface area contributed by atoms with Crippen LogP contribution in [0.5, 0.6) is 5.75 Å². The Bertz CT molecular complexity index is 769. The van der Waals surface area contributed by atoms with Gasteiger partial charge < -0.3 is 15.4 Å². The van der Waals surface area contributed by atoms with Gasteiger partial charge in [-0.1, -0.05) is 26.8 Å². The Morgan fingerprint density at radius 2 is 2.08 bits per heavy atom. The second kappa shape index (κ2) is 8.29. The average Bonchev–Trinajstić information content (AvgIpc) is 3.08. The van der Waals surface area contributed by atoms with Gasteiger partial charge in [0.15, 0.2) is 0 Å². The molecule has 7 nitrogen and oxygen atoms in total. The maximum atomic E-state index is 12.3. The second-order valence-electron chi connectivity index (χ2n) is 6.88. The Morgan fingerprint density at radius 3 is 2.62 bits per heavy atom. The quantitative estimate of drug-likeness (QED) is 0.562. The summed E-state index contributed by atoms with van der Waals surface area (Å²) in [6, 6.07) is 8.32. The van der Waals surface area contributed by atoms with Crippen molar-refractivity contribution in [3.05, 3.63) is 50.7 Å². The van der Waals surface area contributed by atoms with E-state index in [1.165, 1.54) is 19.2 Å². The van der Waals surface area contributed by atoms with E-state index in [1.807, 2.05) is 17.5 Å². The number of hydrogen-bond acceptors (Lipinski definition) is 6. The molecule has 1 atom stereocenters. The second-order valence-corrected chi connectivity index (χ2v) is 7.86. The first-order chi connectivity index (χ1) is 12.2. The summed E-state index contributed by atoms with van der Waals surface area (Å²) in [6.07, 6.45) is 0. The predicted octanol–water partition coefficient (Wildman–Crippen LogP) is 3.98. The van der Waals surface area contributed by atoms with Crippen molar-refractivity contribution in [2.75, 3.05) is 19.0 Å². The van der Waals surface area contributed by atoms with E-state index in [-0.39, 0.29) is 35.3 Å². The molecule has 2 aromatic rings. The maximum absolute atomic E-state index is 12.3. The highest BCUT2D eigenvalue weighted by Gasteiger charge is 2.27. The number of nitro groups is 1. The van der Waals surface area contributed by atoms with Gasteiger partial charge in [0.05, 0.1) is 24.6 Å². The monoisotopic (exact) mass is 377 g/mol. The van der Waals surface area contributed by atoms with E-state index in [4.69, 9.17) is 4.74 Å². The molecule has 1 aromatic carbocycles. The third-order valence-electron chi connectivity index (χ3n) is 3.84. The van der Waals surface area contributed by atoms with E-state index in [0.717, 1.165) is 4.88 Å². The minimum absolute atomic E-state index is 0.000830. The number of methoxy groups -OCH3 is 1. The zero-order chi connectivity index (χ0) is 19.3. The van der Waals surface area contributed by atoms with Crippen LogP contribution in [-0.4, -0.2) is 24.5 Å². The summed E-state index contributed by atoms with van der Waals surface area (Å²) >= 11 is 1.63. The van der Waals surface area contributed by atoms with Crippen LogP contribution in [-0.2, 0) is 4.79 Å². The normalized spacial score (nSPS) is 12.5. The van der Waals surface area contributed by atoms with Crippen molar-refractivity contribution in [2.24, 2.45) is 5.41 Å². The van der Waals surface area contributed by atoms with E-state index in [2.05, 4.69) is 31.4 Å². The molecule has 26 heavy (non-hydrogen) atoms. The fourth-order valence-corrected chi connectivity index (χ4v) is 3.62. The van der Waals surface area contributed by atoms with Gasteiger partial charge in [-0.05, 0) is 29.0 Å². The van der Waals surface area contributed by atoms with Gasteiger partial charge in [0.25, 0.3) is 5.69 Å². The molecule has 0 spiro atoms. The van der Waals surface area contributed by atoms with Gasteiger partial charge >= 0.3 is 0 Å². The van der Waals surface area contributed by atoms with Crippen LogP contribution in [0.25, 0.3) is 0 Å². The van der Waals surface area contributed by atoms with Crippen molar-refractivity contribution in [2.45, 2.75) is 26.8 Å². The largest absolute Gasteiger partial charge is 0.496 e. The van der Waals surface area contributed by atoms with Crippen LogP contribution in [0.15, 0.2) is 35.7 Å². The molecule has 0 bridgehead atoms. The molecule has 0 saturated heterocycles. The van der Waals surface area contributed by atoms with Crippen LogP contribution in [0.4, 0.5) is 11.4 Å². The Morgan fingerprint density at radius 1 is 1.35 bits per heavy atom. The lowest BCUT2D eigenvalue weighted by atomic mass is 9.86.